The first-order chi connectivity index (χ1) is 7.41. The van der Waals surface area contributed by atoms with Crippen LogP contribution in [0.2, 0.25) is 0 Å². The van der Waals surface area contributed by atoms with Gasteiger partial charge in [0.15, 0.2) is 0 Å². The van der Waals surface area contributed by atoms with Gasteiger partial charge in [-0.1, -0.05) is 13.8 Å². The number of aliphatic carboxylic acids is 1. The third-order valence-electron chi connectivity index (χ3n) is 2.12. The second-order valence-electron chi connectivity index (χ2n) is 3.81. The third kappa shape index (κ3) is 2.82. The average Bonchev–Trinajstić information content (AvgIpc) is 2.57. The minimum Gasteiger partial charge on any atom is -0.480 e. The maximum Gasteiger partial charge on any atom is 0.322 e. The zero-order chi connectivity index (χ0) is 12.3. The molecule has 0 saturated carbocycles. The van der Waals surface area contributed by atoms with E-state index in [1.165, 1.54) is 4.68 Å². The van der Waals surface area contributed by atoms with Crippen molar-refractivity contribution in [3.8, 4) is 0 Å². The summed E-state index contributed by atoms with van der Waals surface area (Å²) in [5.41, 5.74) is 1.17. The number of rotatable bonds is 4. The fourth-order valence-corrected chi connectivity index (χ4v) is 1.23. The highest BCUT2D eigenvalue weighted by atomic mass is 16.4. The normalized spacial score (nSPS) is 10.5. The van der Waals surface area contributed by atoms with Crippen LogP contribution in [0.1, 0.15) is 35.9 Å². The first-order valence-corrected chi connectivity index (χ1v) is 4.95. The predicted molar refractivity (Wildman–Crippen MR) is 57.3 cm³/mol. The van der Waals surface area contributed by atoms with Gasteiger partial charge in [0.1, 0.15) is 12.2 Å². The van der Waals surface area contributed by atoms with Crippen LogP contribution in [-0.2, 0) is 11.8 Å². The highest BCUT2D eigenvalue weighted by Gasteiger charge is 2.15. The second kappa shape index (κ2) is 4.78. The monoisotopic (exact) mass is 225 g/mol. The Labute approximate surface area is 93.3 Å². The molecule has 6 nitrogen and oxygen atoms in total. The molecule has 0 bridgehead atoms. The molecule has 0 spiro atoms. The third-order valence-corrected chi connectivity index (χ3v) is 2.12. The van der Waals surface area contributed by atoms with Crippen LogP contribution >= 0.6 is 0 Å². The van der Waals surface area contributed by atoms with Gasteiger partial charge in [-0.3, -0.25) is 14.3 Å². The second-order valence-corrected chi connectivity index (χ2v) is 3.81. The van der Waals surface area contributed by atoms with E-state index >= 15 is 0 Å². The van der Waals surface area contributed by atoms with Gasteiger partial charge < -0.3 is 10.4 Å². The predicted octanol–water partition coefficient (Wildman–Crippen LogP) is 0.358. The molecule has 6 heteroatoms. The molecule has 0 unspecified atom stereocenters. The van der Waals surface area contributed by atoms with Gasteiger partial charge in [-0.05, 0) is 12.0 Å². The summed E-state index contributed by atoms with van der Waals surface area (Å²) in [5.74, 6) is -1.27. The molecule has 0 atom stereocenters. The molecule has 0 aliphatic heterocycles. The van der Waals surface area contributed by atoms with E-state index in [1.807, 2.05) is 13.8 Å². The van der Waals surface area contributed by atoms with Crippen molar-refractivity contribution in [1.29, 1.82) is 0 Å². The van der Waals surface area contributed by atoms with E-state index in [0.29, 0.717) is 5.69 Å². The fourth-order valence-electron chi connectivity index (χ4n) is 1.23. The maximum absolute atomic E-state index is 11.6. The Morgan fingerprint density at radius 1 is 1.56 bits per heavy atom. The smallest absolute Gasteiger partial charge is 0.322 e. The Bertz CT molecular complexity index is 409. The Morgan fingerprint density at radius 2 is 2.19 bits per heavy atom. The molecule has 0 aromatic carbocycles. The summed E-state index contributed by atoms with van der Waals surface area (Å²) in [7, 11) is 1.65. The van der Waals surface area contributed by atoms with Gasteiger partial charge in [-0.15, -0.1) is 0 Å². The summed E-state index contributed by atoms with van der Waals surface area (Å²) in [4.78, 5) is 21.9. The van der Waals surface area contributed by atoms with E-state index in [9.17, 15) is 9.59 Å². The lowest BCUT2D eigenvalue weighted by Gasteiger charge is -2.01. The maximum atomic E-state index is 11.6. The van der Waals surface area contributed by atoms with Crippen molar-refractivity contribution in [3.05, 3.63) is 17.5 Å². The summed E-state index contributed by atoms with van der Waals surface area (Å²) in [5, 5.41) is 14.9. The van der Waals surface area contributed by atoms with E-state index in [2.05, 4.69) is 10.4 Å². The number of carbonyl (C=O) groups excluding carboxylic acids is 1. The number of aromatic nitrogens is 2. The molecule has 0 saturated heterocycles. The number of carbonyl (C=O) groups is 2. The SMILES string of the molecule is CC(C)c1cc(C(=O)NCC(=O)O)n(C)n1. The zero-order valence-corrected chi connectivity index (χ0v) is 9.52. The summed E-state index contributed by atoms with van der Waals surface area (Å²) in [6.45, 7) is 3.56. The van der Waals surface area contributed by atoms with Crippen LogP contribution in [0, 0.1) is 0 Å². The Balaban J connectivity index is 2.79. The molecule has 1 aromatic rings. The van der Waals surface area contributed by atoms with Crippen LogP contribution in [0.25, 0.3) is 0 Å². The molecular formula is C10H15N3O3. The van der Waals surface area contributed by atoms with Gasteiger partial charge >= 0.3 is 5.97 Å². The van der Waals surface area contributed by atoms with Crippen LogP contribution in [0.5, 0.6) is 0 Å². The van der Waals surface area contributed by atoms with E-state index in [1.54, 1.807) is 13.1 Å². The topological polar surface area (TPSA) is 84.2 Å². The minimum atomic E-state index is -1.07. The molecule has 0 radical (unpaired) electrons. The van der Waals surface area contributed by atoms with Gasteiger partial charge in [0.25, 0.3) is 5.91 Å². The molecule has 1 amide bonds. The van der Waals surface area contributed by atoms with Gasteiger partial charge in [-0.2, -0.15) is 5.10 Å². The summed E-state index contributed by atoms with van der Waals surface area (Å²) >= 11 is 0. The Morgan fingerprint density at radius 3 is 2.62 bits per heavy atom. The summed E-state index contributed by atoms with van der Waals surface area (Å²) < 4.78 is 1.45. The fraction of sp³-hybridized carbons (Fsp3) is 0.500. The number of aryl methyl sites for hydroxylation is 1. The lowest BCUT2D eigenvalue weighted by molar-refractivity contribution is -0.135. The number of carboxylic acids is 1. The van der Waals surface area contributed by atoms with Gasteiger partial charge in [0.2, 0.25) is 0 Å². The standard InChI is InChI=1S/C10H15N3O3/c1-6(2)7-4-8(13(3)12-7)10(16)11-5-9(14)15/h4,6H,5H2,1-3H3,(H,11,16)(H,14,15). The molecule has 0 aliphatic rings. The Kier molecular flexibility index (Phi) is 3.65. The molecule has 88 valence electrons. The number of nitrogens with one attached hydrogen (secondary N) is 1. The highest BCUT2D eigenvalue weighted by Crippen LogP contribution is 2.13. The molecule has 1 rings (SSSR count). The first kappa shape index (κ1) is 12.2. The van der Waals surface area contributed by atoms with Crippen molar-refractivity contribution in [1.82, 2.24) is 15.1 Å². The first-order valence-electron chi connectivity index (χ1n) is 4.95. The molecule has 1 aromatic heterocycles. The van der Waals surface area contributed by atoms with Crippen LogP contribution in [0.15, 0.2) is 6.07 Å². The number of carboxylic acid groups (broad SMARTS) is 1. The van der Waals surface area contributed by atoms with Crippen LogP contribution in [0.4, 0.5) is 0 Å². The number of amides is 1. The number of hydrogen-bond donors (Lipinski definition) is 2. The van der Waals surface area contributed by atoms with Crippen LogP contribution in [0.3, 0.4) is 0 Å². The zero-order valence-electron chi connectivity index (χ0n) is 9.52. The summed E-state index contributed by atoms with van der Waals surface area (Å²) in [6, 6.07) is 1.67. The lowest BCUT2D eigenvalue weighted by atomic mass is 10.1. The largest absolute Gasteiger partial charge is 0.480 e. The lowest BCUT2D eigenvalue weighted by Crippen LogP contribution is -2.30. The molecular weight excluding hydrogens is 210 g/mol. The van der Waals surface area contributed by atoms with Crippen LogP contribution < -0.4 is 5.32 Å². The van der Waals surface area contributed by atoms with Crippen molar-refractivity contribution in [2.75, 3.05) is 6.54 Å². The number of nitrogens with zero attached hydrogens (tertiary/aromatic N) is 2. The summed E-state index contributed by atoms with van der Waals surface area (Å²) in [6.07, 6.45) is 0. The van der Waals surface area contributed by atoms with Crippen molar-refractivity contribution in [2.45, 2.75) is 19.8 Å². The van der Waals surface area contributed by atoms with Crippen molar-refractivity contribution < 1.29 is 14.7 Å². The van der Waals surface area contributed by atoms with Crippen LogP contribution in [-0.4, -0.2) is 33.3 Å². The van der Waals surface area contributed by atoms with Crippen molar-refractivity contribution in [2.24, 2.45) is 7.05 Å². The van der Waals surface area contributed by atoms with Gasteiger partial charge in [-0.25, -0.2) is 0 Å². The van der Waals surface area contributed by atoms with E-state index in [4.69, 9.17) is 5.11 Å². The minimum absolute atomic E-state index is 0.229. The number of hydrogen-bond acceptors (Lipinski definition) is 3. The van der Waals surface area contributed by atoms with E-state index in [0.717, 1.165) is 5.69 Å². The Hall–Kier alpha value is -1.85. The van der Waals surface area contributed by atoms with Crippen molar-refractivity contribution in [3.63, 3.8) is 0 Å². The molecule has 0 aliphatic carbocycles. The molecule has 1 heterocycles. The van der Waals surface area contributed by atoms with Crippen molar-refractivity contribution >= 4 is 11.9 Å². The molecule has 2 N–H and O–H groups in total. The quantitative estimate of drug-likeness (QED) is 0.774. The molecule has 16 heavy (non-hydrogen) atoms. The van der Waals surface area contributed by atoms with E-state index in [-0.39, 0.29) is 12.5 Å². The van der Waals surface area contributed by atoms with E-state index < -0.39 is 11.9 Å². The average molecular weight is 225 g/mol. The highest BCUT2D eigenvalue weighted by molar-refractivity contribution is 5.94. The van der Waals surface area contributed by atoms with Gasteiger partial charge in [0, 0.05) is 7.05 Å². The molecule has 0 fully saturated rings. The van der Waals surface area contributed by atoms with Gasteiger partial charge in [0.05, 0.1) is 5.69 Å².